The van der Waals surface area contributed by atoms with Crippen molar-refractivity contribution in [3.63, 3.8) is 0 Å². The van der Waals surface area contributed by atoms with E-state index in [1.54, 1.807) is 0 Å². The highest BCUT2D eigenvalue weighted by molar-refractivity contribution is 5.82. The molecule has 0 aromatic rings. The van der Waals surface area contributed by atoms with Crippen molar-refractivity contribution in [3.05, 3.63) is 0 Å². The van der Waals surface area contributed by atoms with E-state index in [4.69, 9.17) is 47.4 Å². The second kappa shape index (κ2) is 51.6. The zero-order valence-corrected chi connectivity index (χ0v) is 74.5. The number of carbonyl (C=O) groups is 10. The average molecular weight is 1890 g/mol. The highest BCUT2D eigenvalue weighted by Crippen LogP contribution is 2.66. The second-order valence-electron chi connectivity index (χ2n) is 43.5. The minimum atomic E-state index is -0.709. The van der Waals surface area contributed by atoms with Gasteiger partial charge in [-0.2, -0.15) is 0 Å². The molecule has 0 amide bonds. The first-order valence-electron chi connectivity index (χ1n) is 45.2. The molecule has 0 N–H and O–H groups in total. The first-order valence-corrected chi connectivity index (χ1v) is 45.2. The molecule has 16 atom stereocenters. The Morgan fingerprint density at radius 2 is 0.712 bits per heavy atom. The van der Waals surface area contributed by atoms with Gasteiger partial charge in [0.2, 0.25) is 0 Å². The number of rotatable bonds is 20. The first kappa shape index (κ1) is 142. The molecule has 0 aromatic carbocycles. The molecule has 18 rings (SSSR count). The summed E-state index contributed by atoms with van der Waals surface area (Å²) in [6.45, 7) is 47.6. The fraction of sp³-hybridized carbons (Fsp3) is 0.911. The van der Waals surface area contributed by atoms with Crippen LogP contribution in [-0.4, -0.2) is 118 Å². The van der Waals surface area contributed by atoms with Crippen molar-refractivity contribution in [2.75, 3.05) is 0 Å². The first-order chi connectivity index (χ1) is 53.0. The smallest absolute Gasteiger partial charge is 0.312 e. The number of fused-ring (bicyclic) bond motifs is 6. The summed E-state index contributed by atoms with van der Waals surface area (Å²) in [6.07, 6.45) is 26.7. The average Bonchev–Trinajstić information content (AvgIpc) is 1.58. The number of carbonyl (C=O) groups excluding carboxylic acids is 10. The minimum Gasteiger partial charge on any atom is -0.458 e. The predicted molar refractivity (Wildman–Crippen MR) is 550 cm³/mol. The molecule has 0 aromatic heterocycles. The van der Waals surface area contributed by atoms with E-state index in [1.165, 1.54) is 64.2 Å². The minimum absolute atomic E-state index is 0. The highest BCUT2D eigenvalue weighted by Gasteiger charge is 2.72. The van der Waals surface area contributed by atoms with Crippen LogP contribution in [0.25, 0.3) is 0 Å². The van der Waals surface area contributed by atoms with Crippen LogP contribution in [0.1, 0.15) is 480 Å². The lowest BCUT2D eigenvalue weighted by Gasteiger charge is -2.60. The van der Waals surface area contributed by atoms with E-state index in [0.29, 0.717) is 48.9 Å². The molecule has 20 nitrogen and oxygen atoms in total. The molecule has 20 heteroatoms. The molecular formula is C112H220O20. The van der Waals surface area contributed by atoms with Gasteiger partial charge in [0.25, 0.3) is 0 Å². The SMILES string of the molecule is C.C.C.C.C.C.C.C.C.C.C.C.C.C.C.C.C.C.CCC(C)(C)C(=O)OC1(C)CCC2CC1(C)OC2=O.CCC(C)(C)C(=O)OC1(CC)C2CC3CC(C2)CC1C3.CCC(C)(C)C(=O)OC1(CC)C2CC3CC(C2)CC1C3.CCC(C)(C)C(=O)OC1C2CC3C(=O)OC1(C)C3C2.CCC(C)(C)C(=O)OC1C2OC(=O)C3CC1(C)CC32.CCC(C)(C)C(=O)OC1CCC2CC1OC2=O. The summed E-state index contributed by atoms with van der Waals surface area (Å²) in [4.78, 5) is 121. The summed E-state index contributed by atoms with van der Waals surface area (Å²) >= 11 is 0. The summed E-state index contributed by atoms with van der Waals surface area (Å²) in [7, 11) is 0. The summed E-state index contributed by atoms with van der Waals surface area (Å²) < 4.78 is 57.2. The lowest BCUT2D eigenvalue weighted by Crippen LogP contribution is -2.60. The van der Waals surface area contributed by atoms with Gasteiger partial charge in [-0.25, -0.2) is 0 Å². The van der Waals surface area contributed by atoms with E-state index < -0.39 is 38.5 Å². The van der Waals surface area contributed by atoms with E-state index in [9.17, 15) is 47.9 Å². The van der Waals surface area contributed by atoms with Gasteiger partial charge in [0.05, 0.1) is 56.2 Å². The zero-order valence-electron chi connectivity index (χ0n) is 74.5. The molecular weight excluding hydrogens is 1670 g/mol. The van der Waals surface area contributed by atoms with Gasteiger partial charge in [-0.15, -0.1) is 0 Å². The van der Waals surface area contributed by atoms with Gasteiger partial charge in [-0.1, -0.05) is 196 Å². The second-order valence-corrected chi connectivity index (χ2v) is 43.5. The summed E-state index contributed by atoms with van der Waals surface area (Å²) in [5.41, 5.74) is -4.87. The Labute approximate surface area is 815 Å². The number of hydrogen-bond donors (Lipinski definition) is 0. The summed E-state index contributed by atoms with van der Waals surface area (Å²) in [6, 6.07) is 0. The molecule has 18 aliphatic rings. The van der Waals surface area contributed by atoms with E-state index in [2.05, 4.69) is 34.6 Å². The number of ether oxygens (including phenoxy) is 10. The molecule has 4 saturated heterocycles. The van der Waals surface area contributed by atoms with Crippen molar-refractivity contribution in [3.8, 4) is 0 Å². The third kappa shape index (κ3) is 26.4. The van der Waals surface area contributed by atoms with Crippen molar-refractivity contribution in [1.29, 1.82) is 0 Å². The maximum absolute atomic E-state index is 12.6. The molecule has 16 unspecified atom stereocenters. The van der Waals surface area contributed by atoms with Gasteiger partial charge in [-0.05, 0) is 318 Å². The van der Waals surface area contributed by atoms with Gasteiger partial charge in [0.15, 0.2) is 0 Å². The number of esters is 10. The third-order valence-electron chi connectivity index (χ3n) is 33.9. The van der Waals surface area contributed by atoms with Gasteiger partial charge in [0.1, 0.15) is 58.5 Å². The van der Waals surface area contributed by atoms with Crippen LogP contribution in [0.15, 0.2) is 0 Å². The topological polar surface area (TPSA) is 263 Å². The van der Waals surface area contributed by atoms with E-state index in [-0.39, 0.29) is 287 Å². The number of hydrogen-bond acceptors (Lipinski definition) is 20. The Balaban J connectivity index is -0.000000227. The highest BCUT2D eigenvalue weighted by atomic mass is 16.6. The Hall–Kier alpha value is -5.30. The maximum Gasteiger partial charge on any atom is 0.312 e. The summed E-state index contributed by atoms with van der Waals surface area (Å²) in [5, 5.41) is 0. The normalized spacial score (nSPS) is 35.1. The molecule has 14 aliphatic carbocycles. The van der Waals surface area contributed by atoms with Crippen molar-refractivity contribution in [1.82, 2.24) is 0 Å². The van der Waals surface area contributed by atoms with Gasteiger partial charge in [-0.3, -0.25) is 47.9 Å². The Bertz CT molecular complexity index is 3450. The molecule has 4 aliphatic heterocycles. The molecule has 16 bridgehead atoms. The van der Waals surface area contributed by atoms with Gasteiger partial charge < -0.3 is 47.4 Å². The maximum atomic E-state index is 12.6. The molecule has 4 heterocycles. The molecule has 14 saturated carbocycles. The van der Waals surface area contributed by atoms with Gasteiger partial charge in [0, 0.05) is 36.0 Å². The van der Waals surface area contributed by atoms with E-state index in [0.717, 1.165) is 120 Å². The van der Waals surface area contributed by atoms with Crippen LogP contribution in [0.3, 0.4) is 0 Å². The van der Waals surface area contributed by atoms with Crippen molar-refractivity contribution >= 4 is 59.7 Å². The Kier molecular flexibility index (Phi) is 55.5. The van der Waals surface area contributed by atoms with Crippen LogP contribution in [0.4, 0.5) is 0 Å². The Morgan fingerprint density at radius 3 is 1.09 bits per heavy atom. The van der Waals surface area contributed by atoms with Crippen LogP contribution < -0.4 is 0 Å². The van der Waals surface area contributed by atoms with Crippen molar-refractivity contribution in [2.45, 2.75) is 538 Å². The standard InChI is InChI=1S/2C18H30O2.2C15H22O4.C15H24O4.C13H20O4.18CH4/c2*1-5-17(3,4)16(19)20-18(6-2)14-8-12-7-13(10-14)11-15(18)9-12;1-5-14(2,3)13(17)19-11-10-8-6-15(11,4)7-9(8)12(16)18-10;1-5-14(2,3)13(17)18-11-8-6-9-10(7-8)15(11,4)19-12(9)16;1-6-13(2,3)12(17)19-14(4)8-7-10-9-15(14,5)18-11(10)16;1-4-13(2,3)12(15)17-9-6-5-8-7-10(9)16-11(8)14;;;;;;;;;;;;;;;;;;/h2*12-15H,5-11H2,1-4H3;2*8-11H,5-7H2,1-4H3;10H,6-9H2,1-5H3;8-10H,4-7H2,1-3H3;18*1H4. The summed E-state index contributed by atoms with van der Waals surface area (Å²) in [5.74, 6) is 6.05. The third-order valence-corrected chi connectivity index (χ3v) is 33.9. The van der Waals surface area contributed by atoms with Crippen molar-refractivity contribution < 1.29 is 95.3 Å². The molecule has 788 valence electrons. The molecule has 132 heavy (non-hydrogen) atoms. The lowest BCUT2D eigenvalue weighted by atomic mass is 9.49. The van der Waals surface area contributed by atoms with Gasteiger partial charge >= 0.3 is 59.7 Å². The van der Waals surface area contributed by atoms with Crippen LogP contribution >= 0.6 is 0 Å². The molecule has 18 fully saturated rings. The fourth-order valence-electron chi connectivity index (χ4n) is 23.4. The fourth-order valence-corrected chi connectivity index (χ4v) is 23.4. The van der Waals surface area contributed by atoms with Crippen LogP contribution in [0.5, 0.6) is 0 Å². The zero-order chi connectivity index (χ0) is 84.2. The van der Waals surface area contributed by atoms with Crippen LogP contribution in [0, 0.1) is 127 Å². The molecule has 0 spiro atoms. The van der Waals surface area contributed by atoms with E-state index in [1.807, 2.05) is 132 Å². The molecule has 0 radical (unpaired) electrons. The quantitative estimate of drug-likeness (QED) is 0.0810. The lowest BCUT2D eigenvalue weighted by molar-refractivity contribution is -0.218. The van der Waals surface area contributed by atoms with Crippen LogP contribution in [-0.2, 0) is 95.3 Å². The van der Waals surface area contributed by atoms with Crippen LogP contribution in [0.2, 0.25) is 0 Å². The van der Waals surface area contributed by atoms with E-state index >= 15 is 0 Å². The van der Waals surface area contributed by atoms with Crippen molar-refractivity contribution in [2.24, 2.45) is 127 Å². The predicted octanol–water partition coefficient (Wildman–Crippen LogP) is 30.1. The monoisotopic (exact) mass is 1890 g/mol. The largest absolute Gasteiger partial charge is 0.458 e. The Morgan fingerprint density at radius 1 is 0.348 bits per heavy atom.